The molecule has 6 heteroatoms. The van der Waals surface area contributed by atoms with E-state index in [0.717, 1.165) is 0 Å². The lowest BCUT2D eigenvalue weighted by molar-refractivity contribution is 0.102. The Morgan fingerprint density at radius 3 is 2.78 bits per heavy atom. The van der Waals surface area contributed by atoms with Crippen LogP contribution in [0, 0.1) is 6.92 Å². The zero-order valence-electron chi connectivity index (χ0n) is 10.9. The van der Waals surface area contributed by atoms with E-state index in [1.54, 1.807) is 31.0 Å². The van der Waals surface area contributed by atoms with Crippen LogP contribution in [-0.2, 0) is 7.05 Å². The van der Waals surface area contributed by atoms with E-state index in [1.807, 2.05) is 13.8 Å². The van der Waals surface area contributed by atoms with Gasteiger partial charge in [-0.3, -0.25) is 9.48 Å². The highest BCUT2D eigenvalue weighted by molar-refractivity contribution is 6.05. The molecule has 0 fully saturated rings. The van der Waals surface area contributed by atoms with E-state index in [1.165, 1.54) is 0 Å². The Labute approximate surface area is 105 Å². The first-order valence-electron chi connectivity index (χ1n) is 5.75. The minimum Gasteiger partial charge on any atom is -0.360 e. The molecule has 0 saturated carbocycles. The zero-order chi connectivity index (χ0) is 13.3. The van der Waals surface area contributed by atoms with Crippen LogP contribution in [0.3, 0.4) is 0 Å². The number of anilines is 1. The average Bonchev–Trinajstić information content (AvgIpc) is 2.85. The predicted molar refractivity (Wildman–Crippen MR) is 66.5 cm³/mol. The van der Waals surface area contributed by atoms with Gasteiger partial charge in [-0.15, -0.1) is 0 Å². The third-order valence-electron chi connectivity index (χ3n) is 2.60. The van der Waals surface area contributed by atoms with Crippen molar-refractivity contribution in [3.05, 3.63) is 29.4 Å². The Morgan fingerprint density at radius 1 is 1.50 bits per heavy atom. The lowest BCUT2D eigenvalue weighted by Gasteiger charge is -2.05. The van der Waals surface area contributed by atoms with Crippen molar-refractivity contribution in [1.82, 2.24) is 14.9 Å². The Balaban J connectivity index is 2.26. The molecule has 1 amide bonds. The number of carbonyl (C=O) groups excluding carboxylic acids is 1. The van der Waals surface area contributed by atoms with Crippen LogP contribution in [0.5, 0.6) is 0 Å². The topological polar surface area (TPSA) is 73.0 Å². The van der Waals surface area contributed by atoms with Crippen LogP contribution in [0.4, 0.5) is 5.69 Å². The Bertz CT molecular complexity index is 568. The van der Waals surface area contributed by atoms with E-state index in [4.69, 9.17) is 4.52 Å². The molecule has 1 N–H and O–H groups in total. The van der Waals surface area contributed by atoms with Crippen molar-refractivity contribution in [1.29, 1.82) is 0 Å². The fourth-order valence-corrected chi connectivity index (χ4v) is 1.74. The number of rotatable bonds is 3. The molecule has 18 heavy (non-hydrogen) atoms. The largest absolute Gasteiger partial charge is 0.360 e. The fourth-order valence-electron chi connectivity index (χ4n) is 1.74. The van der Waals surface area contributed by atoms with E-state index in [0.29, 0.717) is 22.7 Å². The maximum atomic E-state index is 12.2. The van der Waals surface area contributed by atoms with Crippen molar-refractivity contribution >= 4 is 11.6 Å². The molecule has 2 rings (SSSR count). The highest BCUT2D eigenvalue weighted by atomic mass is 16.5. The molecule has 0 atom stereocenters. The maximum absolute atomic E-state index is 12.2. The van der Waals surface area contributed by atoms with Gasteiger partial charge in [0.05, 0.1) is 17.6 Å². The molecule has 0 bridgehead atoms. The SMILES string of the molecule is Cc1noc(C(C)C)c1C(=O)Nc1cnn(C)c1. The number of carbonyl (C=O) groups is 1. The highest BCUT2D eigenvalue weighted by Gasteiger charge is 2.22. The second-order valence-corrected chi connectivity index (χ2v) is 4.52. The fraction of sp³-hybridized carbons (Fsp3) is 0.417. The van der Waals surface area contributed by atoms with Crippen molar-refractivity contribution < 1.29 is 9.32 Å². The molecular weight excluding hydrogens is 232 g/mol. The average molecular weight is 248 g/mol. The summed E-state index contributed by atoms with van der Waals surface area (Å²) in [6, 6.07) is 0. The minimum absolute atomic E-state index is 0.112. The summed E-state index contributed by atoms with van der Waals surface area (Å²) in [7, 11) is 1.79. The van der Waals surface area contributed by atoms with Gasteiger partial charge in [0.2, 0.25) is 0 Å². The van der Waals surface area contributed by atoms with E-state index < -0.39 is 0 Å². The first-order valence-corrected chi connectivity index (χ1v) is 5.75. The first kappa shape index (κ1) is 12.3. The lowest BCUT2D eigenvalue weighted by atomic mass is 10.0. The number of nitrogens with one attached hydrogen (secondary N) is 1. The van der Waals surface area contributed by atoms with Gasteiger partial charge in [0.15, 0.2) is 5.76 Å². The summed E-state index contributed by atoms with van der Waals surface area (Å²) >= 11 is 0. The molecule has 0 unspecified atom stereocenters. The molecule has 2 aromatic rings. The van der Waals surface area contributed by atoms with E-state index in [9.17, 15) is 4.79 Å². The highest BCUT2D eigenvalue weighted by Crippen LogP contribution is 2.23. The molecule has 2 aromatic heterocycles. The van der Waals surface area contributed by atoms with E-state index in [-0.39, 0.29) is 11.8 Å². The molecule has 0 aliphatic rings. The molecular formula is C12H16N4O2. The van der Waals surface area contributed by atoms with Gasteiger partial charge < -0.3 is 9.84 Å². The molecule has 0 saturated heterocycles. The van der Waals surface area contributed by atoms with Crippen LogP contribution in [0.1, 0.15) is 41.6 Å². The smallest absolute Gasteiger partial charge is 0.261 e. The van der Waals surface area contributed by atoms with Gasteiger partial charge in [-0.1, -0.05) is 19.0 Å². The number of aryl methyl sites for hydroxylation is 2. The van der Waals surface area contributed by atoms with Crippen molar-refractivity contribution in [3.8, 4) is 0 Å². The normalized spacial score (nSPS) is 10.9. The van der Waals surface area contributed by atoms with Gasteiger partial charge in [0, 0.05) is 19.2 Å². The molecule has 0 aliphatic carbocycles. The van der Waals surface area contributed by atoms with Crippen LogP contribution in [0.25, 0.3) is 0 Å². The number of hydrogen-bond acceptors (Lipinski definition) is 4. The van der Waals surface area contributed by atoms with Crippen LogP contribution < -0.4 is 5.32 Å². The Morgan fingerprint density at radius 2 is 2.22 bits per heavy atom. The van der Waals surface area contributed by atoms with Gasteiger partial charge in [-0.25, -0.2) is 0 Å². The summed E-state index contributed by atoms with van der Waals surface area (Å²) < 4.78 is 6.81. The monoisotopic (exact) mass is 248 g/mol. The molecule has 2 heterocycles. The molecule has 0 radical (unpaired) electrons. The van der Waals surface area contributed by atoms with Crippen molar-refractivity contribution in [3.63, 3.8) is 0 Å². The van der Waals surface area contributed by atoms with Crippen molar-refractivity contribution in [2.45, 2.75) is 26.7 Å². The summed E-state index contributed by atoms with van der Waals surface area (Å²) in [6.45, 7) is 5.68. The van der Waals surface area contributed by atoms with E-state index in [2.05, 4.69) is 15.6 Å². The van der Waals surface area contributed by atoms with Crippen molar-refractivity contribution in [2.24, 2.45) is 7.05 Å². The van der Waals surface area contributed by atoms with Gasteiger partial charge >= 0.3 is 0 Å². The summed E-state index contributed by atoms with van der Waals surface area (Å²) in [5, 5.41) is 10.6. The summed E-state index contributed by atoms with van der Waals surface area (Å²) in [5.74, 6) is 0.500. The molecule has 96 valence electrons. The van der Waals surface area contributed by atoms with Crippen LogP contribution in [0.15, 0.2) is 16.9 Å². The second-order valence-electron chi connectivity index (χ2n) is 4.52. The summed E-state index contributed by atoms with van der Waals surface area (Å²) in [4.78, 5) is 12.2. The number of nitrogens with zero attached hydrogens (tertiary/aromatic N) is 3. The Hall–Kier alpha value is -2.11. The molecule has 0 spiro atoms. The van der Waals surface area contributed by atoms with Crippen LogP contribution >= 0.6 is 0 Å². The standard InChI is InChI=1S/C12H16N4O2/c1-7(2)11-10(8(3)15-18-11)12(17)14-9-5-13-16(4)6-9/h5-7H,1-4H3,(H,14,17). The maximum Gasteiger partial charge on any atom is 0.261 e. The van der Waals surface area contributed by atoms with Gasteiger partial charge in [-0.2, -0.15) is 5.10 Å². The summed E-state index contributed by atoms with van der Waals surface area (Å²) in [6.07, 6.45) is 3.32. The summed E-state index contributed by atoms with van der Waals surface area (Å²) in [5.41, 5.74) is 1.76. The third kappa shape index (κ3) is 2.27. The van der Waals surface area contributed by atoms with Gasteiger partial charge in [0.1, 0.15) is 5.56 Å². The number of amides is 1. The van der Waals surface area contributed by atoms with E-state index >= 15 is 0 Å². The second kappa shape index (κ2) is 4.64. The Kier molecular flexibility index (Phi) is 3.18. The minimum atomic E-state index is -0.217. The lowest BCUT2D eigenvalue weighted by Crippen LogP contribution is -2.14. The number of hydrogen-bond donors (Lipinski definition) is 1. The van der Waals surface area contributed by atoms with Crippen LogP contribution in [0.2, 0.25) is 0 Å². The van der Waals surface area contributed by atoms with Gasteiger partial charge in [0.25, 0.3) is 5.91 Å². The quantitative estimate of drug-likeness (QED) is 0.902. The van der Waals surface area contributed by atoms with Crippen molar-refractivity contribution in [2.75, 3.05) is 5.32 Å². The third-order valence-corrected chi connectivity index (χ3v) is 2.60. The number of aromatic nitrogens is 3. The molecule has 0 aromatic carbocycles. The zero-order valence-corrected chi connectivity index (χ0v) is 10.9. The van der Waals surface area contributed by atoms with Gasteiger partial charge in [-0.05, 0) is 6.92 Å². The van der Waals surface area contributed by atoms with Crippen LogP contribution in [-0.4, -0.2) is 20.8 Å². The first-order chi connectivity index (χ1) is 8.49. The molecule has 0 aliphatic heterocycles. The predicted octanol–water partition coefficient (Wildman–Crippen LogP) is 2.09. The molecule has 6 nitrogen and oxygen atoms in total.